The summed E-state index contributed by atoms with van der Waals surface area (Å²) < 4.78 is 29.4. The molecule has 31 heavy (non-hydrogen) atoms. The minimum Gasteiger partial charge on any atom is -0.433 e. The standard InChI is InChI=1S/C21H19ClF2N4O2S/c1-2-14-18(12-7-9-13(22)10-8-12)19(25)28-21(27-14)31-11-17(29)26-15-5-3-4-6-16(15)30-20(23)24/h3-10,20H,2,11H2,1H3,(H,26,29)(H2,25,27,28). The number of amides is 1. The van der Waals surface area contributed by atoms with Gasteiger partial charge in [-0.25, -0.2) is 9.97 Å². The van der Waals surface area contributed by atoms with E-state index in [1.54, 1.807) is 18.2 Å². The van der Waals surface area contributed by atoms with Crippen molar-refractivity contribution in [1.29, 1.82) is 0 Å². The Morgan fingerprint density at radius 3 is 2.58 bits per heavy atom. The lowest BCUT2D eigenvalue weighted by molar-refractivity contribution is -0.113. The van der Waals surface area contributed by atoms with Gasteiger partial charge in [0, 0.05) is 10.6 Å². The molecule has 0 aliphatic heterocycles. The number of carbonyl (C=O) groups excluding carboxylic acids is 1. The Hall–Kier alpha value is -2.91. The van der Waals surface area contributed by atoms with Crippen LogP contribution in [-0.4, -0.2) is 28.2 Å². The van der Waals surface area contributed by atoms with Crippen molar-refractivity contribution < 1.29 is 18.3 Å². The Morgan fingerprint density at radius 2 is 1.90 bits per heavy atom. The van der Waals surface area contributed by atoms with Crippen molar-refractivity contribution >= 4 is 40.8 Å². The maximum Gasteiger partial charge on any atom is 0.387 e. The van der Waals surface area contributed by atoms with Crippen LogP contribution in [0.1, 0.15) is 12.6 Å². The van der Waals surface area contributed by atoms with Crippen LogP contribution >= 0.6 is 23.4 Å². The summed E-state index contributed by atoms with van der Waals surface area (Å²) in [5.74, 6) is -0.270. The van der Waals surface area contributed by atoms with E-state index < -0.39 is 12.5 Å². The second-order valence-electron chi connectivity index (χ2n) is 6.29. The van der Waals surface area contributed by atoms with Gasteiger partial charge in [-0.3, -0.25) is 4.79 Å². The molecule has 1 heterocycles. The van der Waals surface area contributed by atoms with Crippen molar-refractivity contribution in [2.75, 3.05) is 16.8 Å². The van der Waals surface area contributed by atoms with E-state index in [1.165, 1.54) is 18.2 Å². The van der Waals surface area contributed by atoms with E-state index >= 15 is 0 Å². The van der Waals surface area contributed by atoms with Crippen LogP contribution in [0.2, 0.25) is 5.02 Å². The molecule has 0 unspecified atom stereocenters. The lowest BCUT2D eigenvalue weighted by Crippen LogP contribution is -2.16. The number of ether oxygens (including phenoxy) is 1. The minimum atomic E-state index is -2.99. The smallest absolute Gasteiger partial charge is 0.387 e. The number of hydrogen-bond donors (Lipinski definition) is 2. The number of hydrogen-bond acceptors (Lipinski definition) is 6. The number of rotatable bonds is 8. The van der Waals surface area contributed by atoms with E-state index in [-0.39, 0.29) is 17.2 Å². The van der Waals surface area contributed by atoms with E-state index in [9.17, 15) is 13.6 Å². The highest BCUT2D eigenvalue weighted by Crippen LogP contribution is 2.31. The molecular formula is C21H19ClF2N4O2S. The number of nitrogens with zero attached hydrogens (tertiary/aromatic N) is 2. The lowest BCUT2D eigenvalue weighted by Gasteiger charge is -2.13. The van der Waals surface area contributed by atoms with Crippen molar-refractivity contribution in [2.24, 2.45) is 0 Å². The van der Waals surface area contributed by atoms with Gasteiger partial charge in [0.1, 0.15) is 11.6 Å². The van der Waals surface area contributed by atoms with Crippen LogP contribution in [0.15, 0.2) is 53.7 Å². The van der Waals surface area contributed by atoms with Crippen molar-refractivity contribution in [3.63, 3.8) is 0 Å². The molecule has 0 aliphatic rings. The third kappa shape index (κ3) is 6.05. The SMILES string of the molecule is CCc1nc(SCC(=O)Nc2ccccc2OC(F)F)nc(N)c1-c1ccc(Cl)cc1. The summed E-state index contributed by atoms with van der Waals surface area (Å²) >= 11 is 7.05. The average molecular weight is 465 g/mol. The Balaban J connectivity index is 1.72. The van der Waals surface area contributed by atoms with Crippen LogP contribution in [0.4, 0.5) is 20.3 Å². The third-order valence-electron chi connectivity index (χ3n) is 4.17. The van der Waals surface area contributed by atoms with Crippen molar-refractivity contribution in [2.45, 2.75) is 25.1 Å². The monoisotopic (exact) mass is 464 g/mol. The molecular weight excluding hydrogens is 446 g/mol. The maximum atomic E-state index is 12.5. The number of para-hydroxylation sites is 2. The molecule has 0 aliphatic carbocycles. The van der Waals surface area contributed by atoms with Gasteiger partial charge in [0.25, 0.3) is 0 Å². The highest BCUT2D eigenvalue weighted by Gasteiger charge is 2.16. The highest BCUT2D eigenvalue weighted by atomic mass is 35.5. The zero-order valence-electron chi connectivity index (χ0n) is 16.4. The topological polar surface area (TPSA) is 90.1 Å². The predicted octanol–water partition coefficient (Wildman–Crippen LogP) is 5.27. The molecule has 0 saturated heterocycles. The second kappa shape index (κ2) is 10.4. The summed E-state index contributed by atoms with van der Waals surface area (Å²) in [6, 6.07) is 13.2. The number of nitrogen functional groups attached to an aromatic ring is 1. The summed E-state index contributed by atoms with van der Waals surface area (Å²) in [5, 5.41) is 3.51. The fraction of sp³-hybridized carbons (Fsp3) is 0.190. The van der Waals surface area contributed by atoms with Crippen LogP contribution in [0.25, 0.3) is 11.1 Å². The molecule has 0 atom stereocenters. The Kier molecular flexibility index (Phi) is 7.64. The first-order valence-electron chi connectivity index (χ1n) is 9.26. The van der Waals surface area contributed by atoms with E-state index in [4.69, 9.17) is 17.3 Å². The molecule has 1 amide bonds. The van der Waals surface area contributed by atoms with Crippen LogP contribution in [0.5, 0.6) is 5.75 Å². The number of benzene rings is 2. The summed E-state index contributed by atoms with van der Waals surface area (Å²) in [6.45, 7) is -1.04. The first-order valence-corrected chi connectivity index (χ1v) is 10.6. The molecule has 10 heteroatoms. The van der Waals surface area contributed by atoms with Crippen LogP contribution in [-0.2, 0) is 11.2 Å². The van der Waals surface area contributed by atoms with Gasteiger partial charge in [-0.2, -0.15) is 8.78 Å². The molecule has 3 N–H and O–H groups in total. The zero-order valence-corrected chi connectivity index (χ0v) is 18.0. The van der Waals surface area contributed by atoms with Gasteiger partial charge in [0.05, 0.1) is 17.1 Å². The number of carbonyl (C=O) groups is 1. The number of thioether (sulfide) groups is 1. The minimum absolute atomic E-state index is 0.0358. The quantitative estimate of drug-likeness (QED) is 0.348. The first kappa shape index (κ1) is 22.8. The predicted molar refractivity (Wildman–Crippen MR) is 119 cm³/mol. The van der Waals surface area contributed by atoms with Gasteiger partial charge in [-0.1, -0.05) is 54.6 Å². The number of aromatic nitrogens is 2. The molecule has 0 radical (unpaired) electrons. The molecule has 3 rings (SSSR count). The molecule has 3 aromatic rings. The molecule has 6 nitrogen and oxygen atoms in total. The number of nitrogens with two attached hydrogens (primary N) is 1. The average Bonchev–Trinajstić information content (AvgIpc) is 2.74. The van der Waals surface area contributed by atoms with Gasteiger partial charge < -0.3 is 15.8 Å². The summed E-state index contributed by atoms with van der Waals surface area (Å²) in [7, 11) is 0. The van der Waals surface area contributed by atoms with Crippen LogP contribution < -0.4 is 15.8 Å². The van der Waals surface area contributed by atoms with E-state index in [1.807, 2.05) is 19.1 Å². The molecule has 1 aromatic heterocycles. The normalized spacial score (nSPS) is 10.9. The molecule has 0 fully saturated rings. The van der Waals surface area contributed by atoms with E-state index in [0.29, 0.717) is 22.4 Å². The Bertz CT molecular complexity index is 1070. The van der Waals surface area contributed by atoms with Gasteiger partial charge in [-0.05, 0) is 36.2 Å². The van der Waals surface area contributed by atoms with Gasteiger partial charge in [-0.15, -0.1) is 0 Å². The third-order valence-corrected chi connectivity index (χ3v) is 5.27. The zero-order chi connectivity index (χ0) is 22.4. The summed E-state index contributed by atoms with van der Waals surface area (Å²) in [4.78, 5) is 21.1. The molecule has 0 spiro atoms. The molecule has 0 bridgehead atoms. The number of nitrogens with one attached hydrogen (secondary N) is 1. The lowest BCUT2D eigenvalue weighted by atomic mass is 10.0. The van der Waals surface area contributed by atoms with Crippen LogP contribution in [0.3, 0.4) is 0 Å². The first-order chi connectivity index (χ1) is 14.9. The van der Waals surface area contributed by atoms with Crippen molar-refractivity contribution in [3.05, 3.63) is 59.2 Å². The summed E-state index contributed by atoms with van der Waals surface area (Å²) in [5.41, 5.74) is 8.65. The number of anilines is 2. The molecule has 2 aromatic carbocycles. The van der Waals surface area contributed by atoms with Gasteiger partial charge in [0.15, 0.2) is 5.16 Å². The summed E-state index contributed by atoms with van der Waals surface area (Å²) in [6.07, 6.45) is 0.614. The Morgan fingerprint density at radius 1 is 1.19 bits per heavy atom. The van der Waals surface area contributed by atoms with E-state index in [2.05, 4.69) is 20.0 Å². The number of halogens is 3. The van der Waals surface area contributed by atoms with E-state index in [0.717, 1.165) is 28.6 Å². The maximum absolute atomic E-state index is 12.5. The van der Waals surface area contributed by atoms with Crippen LogP contribution in [0, 0.1) is 0 Å². The molecule has 0 saturated carbocycles. The Labute approximate surface area is 187 Å². The number of alkyl halides is 2. The van der Waals surface area contributed by atoms with Crippen molar-refractivity contribution in [1.82, 2.24) is 9.97 Å². The highest BCUT2D eigenvalue weighted by molar-refractivity contribution is 7.99. The fourth-order valence-electron chi connectivity index (χ4n) is 2.84. The number of aryl methyl sites for hydroxylation is 1. The van der Waals surface area contributed by atoms with Gasteiger partial charge >= 0.3 is 6.61 Å². The largest absolute Gasteiger partial charge is 0.433 e. The second-order valence-corrected chi connectivity index (χ2v) is 7.66. The fourth-order valence-corrected chi connectivity index (χ4v) is 3.64. The molecule has 162 valence electrons. The van der Waals surface area contributed by atoms with Crippen molar-refractivity contribution in [3.8, 4) is 16.9 Å². The van der Waals surface area contributed by atoms with Gasteiger partial charge in [0.2, 0.25) is 5.91 Å².